The van der Waals surface area contributed by atoms with Gasteiger partial charge in [0.05, 0.1) is 13.2 Å². The topological polar surface area (TPSA) is 143 Å². The van der Waals surface area contributed by atoms with Gasteiger partial charge in [0.2, 0.25) is 0 Å². The molecule has 0 aromatic heterocycles. The van der Waals surface area contributed by atoms with Crippen molar-refractivity contribution >= 4 is 12.1 Å². The van der Waals surface area contributed by atoms with Gasteiger partial charge in [-0.3, -0.25) is 4.79 Å². The standard InChI is InChI=1S/C15H29N3O7/c1-15(2,3)25-14(20)17-9-5-4-8-12(16)13(19)23-10-6-7-11-24-18(21)22/h12H,4-11,16H2,1-3H3,(H,17,20). The third-order valence-electron chi connectivity index (χ3n) is 2.89. The lowest BCUT2D eigenvalue weighted by atomic mass is 10.1. The number of alkyl carbamates (subject to hydrolysis) is 1. The molecule has 25 heavy (non-hydrogen) atoms. The number of nitrogens with zero attached hydrogens (tertiary/aromatic N) is 1. The molecule has 1 atom stereocenters. The first-order valence-electron chi connectivity index (χ1n) is 8.28. The summed E-state index contributed by atoms with van der Waals surface area (Å²) in [5, 5.41) is 11.7. The van der Waals surface area contributed by atoms with Crippen molar-refractivity contribution in [2.75, 3.05) is 19.8 Å². The van der Waals surface area contributed by atoms with Crippen molar-refractivity contribution in [3.8, 4) is 0 Å². The van der Waals surface area contributed by atoms with Crippen LogP contribution in [-0.4, -0.2) is 48.6 Å². The summed E-state index contributed by atoms with van der Waals surface area (Å²) in [7, 11) is 0. The minimum absolute atomic E-state index is 0.0265. The molecule has 0 aliphatic heterocycles. The van der Waals surface area contributed by atoms with Gasteiger partial charge in [-0.2, -0.15) is 0 Å². The highest BCUT2D eigenvalue weighted by atomic mass is 16.9. The molecule has 0 aliphatic rings. The molecule has 0 aromatic carbocycles. The monoisotopic (exact) mass is 363 g/mol. The molecule has 0 saturated heterocycles. The fourth-order valence-electron chi connectivity index (χ4n) is 1.73. The summed E-state index contributed by atoms with van der Waals surface area (Å²) in [6.07, 6.45) is 2.17. The van der Waals surface area contributed by atoms with Crippen LogP contribution < -0.4 is 11.1 Å². The number of rotatable bonds is 12. The molecule has 10 nitrogen and oxygen atoms in total. The van der Waals surface area contributed by atoms with Gasteiger partial charge in [-0.25, -0.2) is 4.79 Å². The molecule has 0 saturated carbocycles. The Labute approximate surface area is 147 Å². The molecule has 1 unspecified atom stereocenters. The van der Waals surface area contributed by atoms with E-state index in [9.17, 15) is 19.7 Å². The lowest BCUT2D eigenvalue weighted by Gasteiger charge is -2.19. The summed E-state index contributed by atoms with van der Waals surface area (Å²) >= 11 is 0. The largest absolute Gasteiger partial charge is 0.465 e. The Hall–Kier alpha value is -2.10. The van der Waals surface area contributed by atoms with Gasteiger partial charge in [-0.05, 0) is 52.9 Å². The van der Waals surface area contributed by atoms with Gasteiger partial charge in [0.15, 0.2) is 0 Å². The molecule has 0 fully saturated rings. The van der Waals surface area contributed by atoms with Crippen LogP contribution in [0.15, 0.2) is 0 Å². The Balaban J connectivity index is 3.61. The summed E-state index contributed by atoms with van der Waals surface area (Å²) in [4.78, 5) is 37.1. The SMILES string of the molecule is CC(C)(C)OC(=O)NCCCCC(N)C(=O)OCCCCO[N+](=O)[O-]. The maximum atomic E-state index is 11.6. The third-order valence-corrected chi connectivity index (χ3v) is 2.89. The van der Waals surface area contributed by atoms with Gasteiger partial charge in [-0.1, -0.05) is 0 Å². The van der Waals surface area contributed by atoms with Crippen molar-refractivity contribution in [2.24, 2.45) is 5.73 Å². The second-order valence-electron chi connectivity index (χ2n) is 6.46. The average molecular weight is 363 g/mol. The Kier molecular flexibility index (Phi) is 11.3. The molecule has 0 radical (unpaired) electrons. The molecule has 146 valence electrons. The maximum Gasteiger partial charge on any atom is 0.407 e. The van der Waals surface area contributed by atoms with Crippen LogP contribution in [0.1, 0.15) is 52.9 Å². The molecule has 0 aliphatic carbocycles. The minimum atomic E-state index is -0.862. The quantitative estimate of drug-likeness (QED) is 0.230. The average Bonchev–Trinajstić information content (AvgIpc) is 2.47. The number of hydrogen-bond acceptors (Lipinski definition) is 8. The molecule has 10 heteroatoms. The first-order chi connectivity index (χ1) is 11.6. The second kappa shape index (κ2) is 12.3. The number of amides is 1. The van der Waals surface area contributed by atoms with Crippen LogP contribution in [0.5, 0.6) is 0 Å². The number of nitrogens with two attached hydrogens (primary N) is 1. The number of carbonyl (C=O) groups is 2. The summed E-state index contributed by atoms with van der Waals surface area (Å²) in [5.74, 6) is -0.504. The molecular formula is C15H29N3O7. The van der Waals surface area contributed by atoms with E-state index in [-0.39, 0.29) is 13.2 Å². The molecular weight excluding hydrogens is 334 g/mol. The highest BCUT2D eigenvalue weighted by Crippen LogP contribution is 2.06. The fraction of sp³-hybridized carbons (Fsp3) is 0.867. The molecule has 0 spiro atoms. The van der Waals surface area contributed by atoms with Gasteiger partial charge < -0.3 is 25.4 Å². The van der Waals surface area contributed by atoms with E-state index in [1.54, 1.807) is 20.8 Å². The Morgan fingerprint density at radius 3 is 2.40 bits per heavy atom. The van der Waals surface area contributed by atoms with Crippen LogP contribution in [0.25, 0.3) is 0 Å². The van der Waals surface area contributed by atoms with Crippen molar-refractivity contribution in [3.05, 3.63) is 10.1 Å². The molecule has 0 bridgehead atoms. The smallest absolute Gasteiger partial charge is 0.407 e. The summed E-state index contributed by atoms with van der Waals surface area (Å²) < 4.78 is 10.1. The number of hydrogen-bond donors (Lipinski definition) is 2. The predicted molar refractivity (Wildman–Crippen MR) is 89.2 cm³/mol. The molecule has 3 N–H and O–H groups in total. The highest BCUT2D eigenvalue weighted by molar-refractivity contribution is 5.75. The molecule has 1 amide bonds. The van der Waals surface area contributed by atoms with E-state index in [1.165, 1.54) is 0 Å². The van der Waals surface area contributed by atoms with E-state index in [1.807, 2.05) is 0 Å². The van der Waals surface area contributed by atoms with Crippen LogP contribution in [0.3, 0.4) is 0 Å². The Morgan fingerprint density at radius 1 is 1.16 bits per heavy atom. The van der Waals surface area contributed by atoms with Crippen LogP contribution in [0.4, 0.5) is 4.79 Å². The molecule has 0 rings (SSSR count). The Bertz CT molecular complexity index is 424. The van der Waals surface area contributed by atoms with Crippen molar-refractivity contribution in [3.63, 3.8) is 0 Å². The molecule has 0 heterocycles. The van der Waals surface area contributed by atoms with E-state index in [2.05, 4.69) is 10.2 Å². The van der Waals surface area contributed by atoms with Gasteiger partial charge in [0.25, 0.3) is 5.09 Å². The zero-order valence-electron chi connectivity index (χ0n) is 15.1. The van der Waals surface area contributed by atoms with Crippen molar-refractivity contribution < 1.29 is 29.0 Å². The Morgan fingerprint density at radius 2 is 1.80 bits per heavy atom. The van der Waals surface area contributed by atoms with Crippen LogP contribution in [0.2, 0.25) is 0 Å². The van der Waals surface area contributed by atoms with E-state index >= 15 is 0 Å². The summed E-state index contributed by atoms with van der Waals surface area (Å²) in [6, 6.07) is -0.725. The number of ether oxygens (including phenoxy) is 2. The first kappa shape index (κ1) is 22.9. The van der Waals surface area contributed by atoms with Gasteiger partial charge in [0.1, 0.15) is 11.6 Å². The van der Waals surface area contributed by atoms with Crippen LogP contribution in [-0.2, 0) is 19.1 Å². The fourth-order valence-corrected chi connectivity index (χ4v) is 1.73. The number of esters is 1. The molecule has 0 aromatic rings. The van der Waals surface area contributed by atoms with E-state index < -0.39 is 28.8 Å². The number of unbranched alkanes of at least 4 members (excludes halogenated alkanes) is 2. The van der Waals surface area contributed by atoms with E-state index in [0.29, 0.717) is 38.6 Å². The van der Waals surface area contributed by atoms with Crippen LogP contribution in [0, 0.1) is 10.1 Å². The van der Waals surface area contributed by atoms with Crippen molar-refractivity contribution in [2.45, 2.75) is 64.5 Å². The van der Waals surface area contributed by atoms with Crippen molar-refractivity contribution in [1.29, 1.82) is 0 Å². The normalized spacial score (nSPS) is 12.2. The maximum absolute atomic E-state index is 11.6. The number of carbonyl (C=O) groups excluding carboxylic acids is 2. The lowest BCUT2D eigenvalue weighted by Crippen LogP contribution is -2.34. The second-order valence-corrected chi connectivity index (χ2v) is 6.46. The summed E-state index contributed by atoms with van der Waals surface area (Å²) in [6.45, 7) is 5.91. The van der Waals surface area contributed by atoms with Gasteiger partial charge in [-0.15, -0.1) is 10.1 Å². The first-order valence-corrected chi connectivity index (χ1v) is 8.28. The van der Waals surface area contributed by atoms with Crippen LogP contribution >= 0.6 is 0 Å². The van der Waals surface area contributed by atoms with Gasteiger partial charge in [0, 0.05) is 6.54 Å². The van der Waals surface area contributed by atoms with E-state index in [0.717, 1.165) is 0 Å². The van der Waals surface area contributed by atoms with Crippen molar-refractivity contribution in [1.82, 2.24) is 5.32 Å². The summed E-state index contributed by atoms with van der Waals surface area (Å²) in [5.41, 5.74) is 5.19. The van der Waals surface area contributed by atoms with E-state index in [4.69, 9.17) is 15.2 Å². The zero-order chi connectivity index (χ0) is 19.3. The third kappa shape index (κ3) is 15.2. The number of nitrogens with one attached hydrogen (secondary N) is 1. The lowest BCUT2D eigenvalue weighted by molar-refractivity contribution is -0.757. The van der Waals surface area contributed by atoms with Gasteiger partial charge >= 0.3 is 12.1 Å². The minimum Gasteiger partial charge on any atom is -0.465 e. The predicted octanol–water partition coefficient (Wildman–Crippen LogP) is 1.54. The zero-order valence-corrected chi connectivity index (χ0v) is 15.1. The highest BCUT2D eigenvalue weighted by Gasteiger charge is 2.16.